The van der Waals surface area contributed by atoms with Crippen LogP contribution in [0.1, 0.15) is 30.4 Å². The normalized spacial score (nSPS) is 19.0. The van der Waals surface area contributed by atoms with E-state index in [2.05, 4.69) is 35.8 Å². The Kier molecular flexibility index (Phi) is 5.40. The number of hydrogen-bond acceptors (Lipinski definition) is 2. The molecule has 94 valence electrons. The zero-order valence-corrected chi connectivity index (χ0v) is 11.6. The smallest absolute Gasteiger partial charge is 0.0111 e. The van der Waals surface area contributed by atoms with Gasteiger partial charge in [0.15, 0.2) is 0 Å². The van der Waals surface area contributed by atoms with Crippen molar-refractivity contribution in [1.29, 1.82) is 0 Å². The lowest BCUT2D eigenvalue weighted by Gasteiger charge is -2.25. The number of thioether (sulfide) groups is 1. The molecular weight excluding hydrogens is 226 g/mol. The minimum atomic E-state index is 0.708. The Labute approximate surface area is 109 Å². The van der Waals surface area contributed by atoms with Crippen LogP contribution in [-0.2, 0) is 12.8 Å². The average Bonchev–Trinajstić information content (AvgIpc) is 2.38. The van der Waals surface area contributed by atoms with Crippen LogP contribution in [0.25, 0.3) is 0 Å². The molecule has 0 aliphatic heterocycles. The Morgan fingerprint density at radius 3 is 2.88 bits per heavy atom. The van der Waals surface area contributed by atoms with E-state index >= 15 is 0 Å². The highest BCUT2D eigenvalue weighted by molar-refractivity contribution is 7.98. The van der Waals surface area contributed by atoms with Crippen molar-refractivity contribution in [3.8, 4) is 0 Å². The van der Waals surface area contributed by atoms with E-state index in [1.165, 1.54) is 44.4 Å². The lowest BCUT2D eigenvalue weighted by Crippen LogP contribution is -2.35. The van der Waals surface area contributed by atoms with Gasteiger partial charge in [0.1, 0.15) is 0 Å². The number of hydrogen-bond donors (Lipinski definition) is 1. The fourth-order valence-corrected chi connectivity index (χ4v) is 3.04. The van der Waals surface area contributed by atoms with Crippen molar-refractivity contribution < 1.29 is 0 Å². The second kappa shape index (κ2) is 7.07. The molecule has 1 atom stereocenters. The Hall–Kier alpha value is -0.470. The first kappa shape index (κ1) is 13.0. The Morgan fingerprint density at radius 2 is 2.06 bits per heavy atom. The maximum absolute atomic E-state index is 3.71. The van der Waals surface area contributed by atoms with E-state index in [1.54, 1.807) is 11.1 Å². The zero-order chi connectivity index (χ0) is 11.9. The van der Waals surface area contributed by atoms with Crippen LogP contribution in [0.4, 0.5) is 0 Å². The van der Waals surface area contributed by atoms with Crippen molar-refractivity contribution in [2.75, 3.05) is 18.6 Å². The van der Waals surface area contributed by atoms with Gasteiger partial charge in [-0.15, -0.1) is 0 Å². The van der Waals surface area contributed by atoms with Crippen LogP contribution < -0.4 is 5.32 Å². The number of aryl methyl sites for hydroxylation is 1. The highest BCUT2D eigenvalue weighted by atomic mass is 32.2. The fourth-order valence-electron chi connectivity index (χ4n) is 2.55. The third-order valence-corrected chi connectivity index (χ3v) is 4.25. The van der Waals surface area contributed by atoms with E-state index in [-0.39, 0.29) is 0 Å². The van der Waals surface area contributed by atoms with Crippen molar-refractivity contribution in [1.82, 2.24) is 5.32 Å². The molecule has 2 rings (SSSR count). The molecule has 0 heterocycles. The molecule has 0 spiro atoms. The molecule has 0 fully saturated rings. The summed E-state index contributed by atoms with van der Waals surface area (Å²) < 4.78 is 0. The van der Waals surface area contributed by atoms with E-state index in [0.29, 0.717) is 6.04 Å². The molecule has 1 nitrogen and oxygen atoms in total. The Bertz CT molecular complexity index is 337. The van der Waals surface area contributed by atoms with Gasteiger partial charge in [0.05, 0.1) is 0 Å². The first-order valence-corrected chi connectivity index (χ1v) is 8.08. The third kappa shape index (κ3) is 4.04. The minimum Gasteiger partial charge on any atom is -0.314 e. The Balaban J connectivity index is 1.71. The summed E-state index contributed by atoms with van der Waals surface area (Å²) in [5.41, 5.74) is 3.12. The molecule has 0 saturated heterocycles. The second-order valence-electron chi connectivity index (χ2n) is 4.86. The van der Waals surface area contributed by atoms with Crippen molar-refractivity contribution in [3.63, 3.8) is 0 Å². The van der Waals surface area contributed by atoms with Gasteiger partial charge in [0.25, 0.3) is 0 Å². The van der Waals surface area contributed by atoms with Crippen LogP contribution in [0.2, 0.25) is 0 Å². The molecule has 0 aromatic heterocycles. The van der Waals surface area contributed by atoms with Gasteiger partial charge >= 0.3 is 0 Å². The van der Waals surface area contributed by atoms with Crippen molar-refractivity contribution >= 4 is 11.8 Å². The second-order valence-corrected chi connectivity index (χ2v) is 5.85. The van der Waals surface area contributed by atoms with Crippen LogP contribution in [-0.4, -0.2) is 24.6 Å². The largest absolute Gasteiger partial charge is 0.314 e. The number of unbranched alkanes of at least 4 members (excludes halogenated alkanes) is 1. The summed E-state index contributed by atoms with van der Waals surface area (Å²) in [4.78, 5) is 0. The maximum Gasteiger partial charge on any atom is 0.0111 e. The molecule has 0 saturated carbocycles. The topological polar surface area (TPSA) is 12.0 Å². The van der Waals surface area contributed by atoms with E-state index in [4.69, 9.17) is 0 Å². The van der Waals surface area contributed by atoms with Crippen LogP contribution in [0.15, 0.2) is 24.3 Å². The summed E-state index contributed by atoms with van der Waals surface area (Å²) in [6.07, 6.45) is 8.62. The number of rotatable bonds is 6. The molecule has 1 unspecified atom stereocenters. The van der Waals surface area contributed by atoms with Gasteiger partial charge in [0, 0.05) is 6.04 Å². The van der Waals surface area contributed by atoms with E-state index in [0.717, 1.165) is 0 Å². The summed E-state index contributed by atoms with van der Waals surface area (Å²) in [7, 11) is 0. The summed E-state index contributed by atoms with van der Waals surface area (Å²) >= 11 is 1.95. The predicted molar refractivity (Wildman–Crippen MR) is 77.9 cm³/mol. The summed E-state index contributed by atoms with van der Waals surface area (Å²) in [6.45, 7) is 1.19. The zero-order valence-electron chi connectivity index (χ0n) is 10.7. The van der Waals surface area contributed by atoms with Gasteiger partial charge in [0.2, 0.25) is 0 Å². The van der Waals surface area contributed by atoms with E-state index < -0.39 is 0 Å². The molecule has 1 aromatic carbocycles. The van der Waals surface area contributed by atoms with E-state index in [1.807, 2.05) is 11.8 Å². The highest BCUT2D eigenvalue weighted by Crippen LogP contribution is 2.20. The minimum absolute atomic E-state index is 0.708. The molecule has 0 radical (unpaired) electrons. The summed E-state index contributed by atoms with van der Waals surface area (Å²) in [6, 6.07) is 9.61. The standard InChI is InChI=1S/C15H23NS/c1-17-11-5-4-10-16-15-9-8-13-6-2-3-7-14(13)12-15/h2-3,6-7,15-16H,4-5,8-12H2,1H3. The molecular formula is C15H23NS. The van der Waals surface area contributed by atoms with Crippen molar-refractivity contribution in [2.24, 2.45) is 0 Å². The quantitative estimate of drug-likeness (QED) is 0.777. The SMILES string of the molecule is CSCCCCNC1CCc2ccccc2C1. The monoisotopic (exact) mass is 249 g/mol. The van der Waals surface area contributed by atoms with Crippen molar-refractivity contribution in [3.05, 3.63) is 35.4 Å². The van der Waals surface area contributed by atoms with Gasteiger partial charge in [-0.1, -0.05) is 24.3 Å². The Morgan fingerprint density at radius 1 is 1.24 bits per heavy atom. The molecule has 1 N–H and O–H groups in total. The van der Waals surface area contributed by atoms with Gasteiger partial charge in [-0.2, -0.15) is 11.8 Å². The van der Waals surface area contributed by atoms with Crippen LogP contribution >= 0.6 is 11.8 Å². The lowest BCUT2D eigenvalue weighted by atomic mass is 9.88. The first-order chi connectivity index (χ1) is 8.40. The van der Waals surface area contributed by atoms with Gasteiger partial charge in [-0.25, -0.2) is 0 Å². The van der Waals surface area contributed by atoms with Gasteiger partial charge in [-0.05, 0) is 61.8 Å². The molecule has 0 bridgehead atoms. The van der Waals surface area contributed by atoms with Gasteiger partial charge in [-0.3, -0.25) is 0 Å². The third-order valence-electron chi connectivity index (χ3n) is 3.56. The van der Waals surface area contributed by atoms with Crippen LogP contribution in [0.5, 0.6) is 0 Å². The maximum atomic E-state index is 3.71. The number of benzene rings is 1. The fraction of sp³-hybridized carbons (Fsp3) is 0.600. The van der Waals surface area contributed by atoms with Gasteiger partial charge < -0.3 is 5.32 Å². The van der Waals surface area contributed by atoms with Crippen LogP contribution in [0.3, 0.4) is 0 Å². The highest BCUT2D eigenvalue weighted by Gasteiger charge is 2.16. The first-order valence-electron chi connectivity index (χ1n) is 6.69. The average molecular weight is 249 g/mol. The number of fused-ring (bicyclic) bond motifs is 1. The number of nitrogens with one attached hydrogen (secondary N) is 1. The molecule has 0 amide bonds. The summed E-state index contributed by atoms with van der Waals surface area (Å²) in [5, 5.41) is 3.71. The molecule has 2 heteroatoms. The van der Waals surface area contributed by atoms with E-state index in [9.17, 15) is 0 Å². The lowest BCUT2D eigenvalue weighted by molar-refractivity contribution is 0.453. The van der Waals surface area contributed by atoms with Crippen molar-refractivity contribution in [2.45, 2.75) is 38.1 Å². The molecule has 1 aliphatic carbocycles. The van der Waals surface area contributed by atoms with Crippen LogP contribution in [0, 0.1) is 0 Å². The predicted octanol–water partition coefficient (Wildman–Crippen LogP) is 3.28. The molecule has 17 heavy (non-hydrogen) atoms. The summed E-state index contributed by atoms with van der Waals surface area (Å²) in [5.74, 6) is 1.30. The molecule has 1 aromatic rings. The molecule has 1 aliphatic rings.